The van der Waals surface area contributed by atoms with Crippen LogP contribution in [0, 0.1) is 11.8 Å². The quantitative estimate of drug-likeness (QED) is 0.562. The molecule has 0 aromatic heterocycles. The Bertz CT molecular complexity index is 287. The Morgan fingerprint density at radius 3 is 2.82 bits per heavy atom. The molecular formula is C14H24O3. The highest BCUT2D eigenvalue weighted by molar-refractivity contribution is 5.79. The Kier molecular flexibility index (Phi) is 3.76. The molecule has 98 valence electrons. The van der Waals surface area contributed by atoms with Crippen LogP contribution in [0.3, 0.4) is 0 Å². The largest absolute Gasteiger partial charge is 0.464 e. The highest BCUT2D eigenvalue weighted by atomic mass is 16.7. The third-order valence-corrected chi connectivity index (χ3v) is 4.33. The molecule has 1 heterocycles. The first-order chi connectivity index (χ1) is 8.09. The number of epoxide rings is 1. The van der Waals surface area contributed by atoms with Gasteiger partial charge in [0.05, 0.1) is 6.61 Å². The van der Waals surface area contributed by atoms with Crippen LogP contribution in [0.25, 0.3) is 0 Å². The van der Waals surface area contributed by atoms with Crippen molar-refractivity contribution in [3.63, 3.8) is 0 Å². The molecule has 3 heteroatoms. The molecule has 1 saturated heterocycles. The van der Waals surface area contributed by atoms with Gasteiger partial charge in [-0.15, -0.1) is 0 Å². The molecule has 2 rings (SSSR count). The van der Waals surface area contributed by atoms with Gasteiger partial charge in [-0.1, -0.05) is 26.7 Å². The first-order valence-electron chi connectivity index (χ1n) is 6.93. The molecule has 17 heavy (non-hydrogen) atoms. The van der Waals surface area contributed by atoms with Gasteiger partial charge >= 0.3 is 5.97 Å². The summed E-state index contributed by atoms with van der Waals surface area (Å²) >= 11 is 0. The van der Waals surface area contributed by atoms with Crippen LogP contribution < -0.4 is 0 Å². The molecule has 0 N–H and O–H groups in total. The van der Waals surface area contributed by atoms with Crippen molar-refractivity contribution in [1.29, 1.82) is 0 Å². The van der Waals surface area contributed by atoms with Crippen LogP contribution in [0.4, 0.5) is 0 Å². The van der Waals surface area contributed by atoms with Gasteiger partial charge in [0.1, 0.15) is 5.60 Å². The third-order valence-electron chi connectivity index (χ3n) is 4.33. The molecule has 0 aromatic carbocycles. The van der Waals surface area contributed by atoms with E-state index in [1.165, 1.54) is 19.3 Å². The Morgan fingerprint density at radius 1 is 1.41 bits per heavy atom. The summed E-state index contributed by atoms with van der Waals surface area (Å²) < 4.78 is 10.7. The third kappa shape index (κ3) is 2.65. The Morgan fingerprint density at radius 2 is 2.18 bits per heavy atom. The highest BCUT2D eigenvalue weighted by Crippen LogP contribution is 2.49. The fraction of sp³-hybridized carbons (Fsp3) is 0.929. The van der Waals surface area contributed by atoms with Gasteiger partial charge in [0.15, 0.2) is 6.10 Å². The van der Waals surface area contributed by atoms with Gasteiger partial charge in [0.2, 0.25) is 0 Å². The van der Waals surface area contributed by atoms with Gasteiger partial charge in [-0.25, -0.2) is 4.79 Å². The van der Waals surface area contributed by atoms with E-state index in [1.807, 2.05) is 6.92 Å². The normalized spacial score (nSPS) is 36.9. The molecule has 2 aliphatic rings. The van der Waals surface area contributed by atoms with E-state index in [1.54, 1.807) is 0 Å². The van der Waals surface area contributed by atoms with Gasteiger partial charge < -0.3 is 9.47 Å². The fourth-order valence-corrected chi connectivity index (χ4v) is 3.09. The van der Waals surface area contributed by atoms with E-state index in [9.17, 15) is 4.79 Å². The maximum atomic E-state index is 11.7. The molecule has 3 nitrogen and oxygen atoms in total. The van der Waals surface area contributed by atoms with E-state index in [0.29, 0.717) is 6.61 Å². The highest BCUT2D eigenvalue weighted by Gasteiger charge is 2.61. The van der Waals surface area contributed by atoms with Crippen LogP contribution in [-0.4, -0.2) is 24.3 Å². The molecule has 3 unspecified atom stereocenters. The molecule has 1 spiro atoms. The molecule has 1 aliphatic heterocycles. The average molecular weight is 240 g/mol. The van der Waals surface area contributed by atoms with Gasteiger partial charge in [-0.3, -0.25) is 0 Å². The molecule has 1 saturated carbocycles. The number of carbonyl (C=O) groups excluding carboxylic acids is 1. The monoisotopic (exact) mass is 240 g/mol. The average Bonchev–Trinajstić information content (AvgIpc) is 3.02. The van der Waals surface area contributed by atoms with Crippen molar-refractivity contribution in [2.45, 2.75) is 64.6 Å². The minimum Gasteiger partial charge on any atom is -0.464 e. The number of ether oxygens (including phenoxy) is 2. The van der Waals surface area contributed by atoms with Crippen molar-refractivity contribution < 1.29 is 14.3 Å². The molecule has 0 aromatic rings. The standard InChI is InChI=1S/C14H24O3/c1-4-16-13(15)12-14(17-12)8-5-6-11(7-9-14)10(2)3/h10-12H,4-9H2,1-3H3. The number of rotatable bonds is 3. The smallest absolute Gasteiger partial charge is 0.338 e. The van der Waals surface area contributed by atoms with Gasteiger partial charge in [0.25, 0.3) is 0 Å². The Hall–Kier alpha value is -0.570. The topological polar surface area (TPSA) is 38.8 Å². The van der Waals surface area contributed by atoms with E-state index in [2.05, 4.69) is 13.8 Å². The van der Waals surface area contributed by atoms with Crippen molar-refractivity contribution in [3.05, 3.63) is 0 Å². The molecule has 1 aliphatic carbocycles. The lowest BCUT2D eigenvalue weighted by molar-refractivity contribution is -0.144. The molecular weight excluding hydrogens is 216 g/mol. The van der Waals surface area contributed by atoms with E-state index >= 15 is 0 Å². The Labute approximate surface area is 104 Å². The predicted molar refractivity (Wildman–Crippen MR) is 65.7 cm³/mol. The Balaban J connectivity index is 1.90. The van der Waals surface area contributed by atoms with Crippen LogP contribution in [0.2, 0.25) is 0 Å². The van der Waals surface area contributed by atoms with E-state index in [4.69, 9.17) is 9.47 Å². The summed E-state index contributed by atoms with van der Waals surface area (Å²) in [5.41, 5.74) is -0.157. The minimum atomic E-state index is -0.270. The number of carbonyl (C=O) groups is 1. The number of hydrogen-bond donors (Lipinski definition) is 0. The fourth-order valence-electron chi connectivity index (χ4n) is 3.09. The predicted octanol–water partition coefficient (Wildman–Crippen LogP) is 2.92. The zero-order chi connectivity index (χ0) is 12.5. The zero-order valence-electron chi connectivity index (χ0n) is 11.2. The van der Waals surface area contributed by atoms with Crippen molar-refractivity contribution >= 4 is 5.97 Å². The van der Waals surface area contributed by atoms with Crippen molar-refractivity contribution in [2.75, 3.05) is 6.61 Å². The summed E-state index contributed by atoms with van der Waals surface area (Å²) in [5.74, 6) is 1.38. The second-order valence-electron chi connectivity index (χ2n) is 5.75. The summed E-state index contributed by atoms with van der Waals surface area (Å²) in [4.78, 5) is 11.7. The summed E-state index contributed by atoms with van der Waals surface area (Å²) in [6.45, 7) is 6.87. The second kappa shape index (κ2) is 4.97. The summed E-state index contributed by atoms with van der Waals surface area (Å²) in [6, 6.07) is 0. The number of esters is 1. The van der Waals surface area contributed by atoms with Gasteiger partial charge in [-0.2, -0.15) is 0 Å². The van der Waals surface area contributed by atoms with Crippen LogP contribution in [0.15, 0.2) is 0 Å². The maximum Gasteiger partial charge on any atom is 0.338 e. The maximum absolute atomic E-state index is 11.7. The van der Waals surface area contributed by atoms with E-state index in [-0.39, 0.29) is 17.7 Å². The summed E-state index contributed by atoms with van der Waals surface area (Å²) in [7, 11) is 0. The van der Waals surface area contributed by atoms with Crippen LogP contribution in [0.5, 0.6) is 0 Å². The number of hydrogen-bond acceptors (Lipinski definition) is 3. The lowest BCUT2D eigenvalue weighted by Gasteiger charge is -2.17. The lowest BCUT2D eigenvalue weighted by Crippen LogP contribution is -2.22. The lowest BCUT2D eigenvalue weighted by atomic mass is 9.88. The summed E-state index contributed by atoms with van der Waals surface area (Å²) in [6.07, 6.45) is 5.43. The molecule has 2 fully saturated rings. The van der Waals surface area contributed by atoms with Crippen LogP contribution in [-0.2, 0) is 14.3 Å². The SMILES string of the molecule is CCOC(=O)C1OC12CCCC(C(C)C)CC2. The van der Waals surface area contributed by atoms with Crippen molar-refractivity contribution in [3.8, 4) is 0 Å². The second-order valence-corrected chi connectivity index (χ2v) is 5.75. The molecule has 3 atom stereocenters. The van der Waals surface area contributed by atoms with E-state index in [0.717, 1.165) is 24.7 Å². The zero-order valence-corrected chi connectivity index (χ0v) is 11.2. The van der Waals surface area contributed by atoms with Crippen molar-refractivity contribution in [2.24, 2.45) is 11.8 Å². The molecule has 0 radical (unpaired) electrons. The van der Waals surface area contributed by atoms with Gasteiger partial charge in [-0.05, 0) is 38.0 Å². The van der Waals surface area contributed by atoms with Gasteiger partial charge in [0, 0.05) is 0 Å². The first-order valence-corrected chi connectivity index (χ1v) is 6.93. The molecule has 0 amide bonds. The minimum absolute atomic E-state index is 0.157. The summed E-state index contributed by atoms with van der Waals surface area (Å²) in [5, 5.41) is 0. The first kappa shape index (κ1) is 12.9. The molecule has 0 bridgehead atoms. The van der Waals surface area contributed by atoms with Crippen molar-refractivity contribution in [1.82, 2.24) is 0 Å². The van der Waals surface area contributed by atoms with Crippen LogP contribution in [0.1, 0.15) is 52.9 Å². The van der Waals surface area contributed by atoms with E-state index < -0.39 is 0 Å². The van der Waals surface area contributed by atoms with Crippen LogP contribution >= 0.6 is 0 Å².